The lowest BCUT2D eigenvalue weighted by Gasteiger charge is -1.99. The van der Waals surface area contributed by atoms with E-state index in [1.54, 1.807) is 13.0 Å². The lowest BCUT2D eigenvalue weighted by molar-refractivity contribution is 0.0422. The van der Waals surface area contributed by atoms with Crippen LogP contribution in [-0.2, 0) is 11.3 Å². The van der Waals surface area contributed by atoms with Gasteiger partial charge in [0.1, 0.15) is 0 Å². The first kappa shape index (κ1) is 14.1. The summed E-state index contributed by atoms with van der Waals surface area (Å²) in [6, 6.07) is 9.40. The van der Waals surface area contributed by atoms with E-state index in [-0.39, 0.29) is 12.4 Å². The number of aromatic nitrogens is 2. The number of esters is 1. The van der Waals surface area contributed by atoms with Crippen molar-refractivity contribution in [2.45, 2.75) is 20.5 Å². The number of nitrogens with zero attached hydrogens (tertiary/aromatic N) is 2. The number of ether oxygens (including phenoxy) is 1. The molecule has 0 N–H and O–H groups in total. The fourth-order valence-corrected chi connectivity index (χ4v) is 1.90. The molecular weight excluding hydrogens is 284 g/mol. The maximum atomic E-state index is 11.8. The van der Waals surface area contributed by atoms with Crippen LogP contribution in [0, 0.1) is 13.8 Å². The summed E-state index contributed by atoms with van der Waals surface area (Å²) in [5.74, 6) is 0.319. The minimum atomic E-state index is -0.552. The Morgan fingerprint density at radius 2 is 1.95 bits per heavy atom. The molecule has 112 valence electrons. The average molecular weight is 298 g/mol. The molecule has 0 atom stereocenters. The lowest BCUT2D eigenvalue weighted by Crippen LogP contribution is -2.06. The van der Waals surface area contributed by atoms with Gasteiger partial charge in [0, 0.05) is 11.1 Å². The van der Waals surface area contributed by atoms with Crippen molar-refractivity contribution in [3.63, 3.8) is 0 Å². The van der Waals surface area contributed by atoms with Crippen molar-refractivity contribution in [2.75, 3.05) is 0 Å². The number of carbonyl (C=O) groups is 1. The van der Waals surface area contributed by atoms with Crippen molar-refractivity contribution >= 4 is 5.97 Å². The normalized spacial score (nSPS) is 10.6. The van der Waals surface area contributed by atoms with E-state index in [1.807, 2.05) is 31.2 Å². The molecule has 0 radical (unpaired) electrons. The van der Waals surface area contributed by atoms with E-state index >= 15 is 0 Å². The van der Waals surface area contributed by atoms with Crippen molar-refractivity contribution in [2.24, 2.45) is 0 Å². The molecule has 0 aliphatic heterocycles. The Kier molecular flexibility index (Phi) is 3.74. The smallest absolute Gasteiger partial charge is 0.374 e. The first-order chi connectivity index (χ1) is 10.6. The number of aryl methyl sites for hydroxylation is 2. The van der Waals surface area contributed by atoms with Gasteiger partial charge in [-0.15, -0.1) is 0 Å². The second kappa shape index (κ2) is 5.85. The predicted molar refractivity (Wildman–Crippen MR) is 77.0 cm³/mol. The molecule has 0 spiro atoms. The highest BCUT2D eigenvalue weighted by Gasteiger charge is 2.16. The van der Waals surface area contributed by atoms with E-state index in [4.69, 9.17) is 13.7 Å². The monoisotopic (exact) mass is 298 g/mol. The SMILES string of the molecule is Cc1ccc(-c2nc(COC(=O)c3occc3C)no2)cc1. The quantitative estimate of drug-likeness (QED) is 0.688. The number of carbonyl (C=O) groups excluding carboxylic acids is 1. The summed E-state index contributed by atoms with van der Waals surface area (Å²) in [6.45, 7) is 3.69. The molecule has 22 heavy (non-hydrogen) atoms. The highest BCUT2D eigenvalue weighted by atomic mass is 16.5. The van der Waals surface area contributed by atoms with Gasteiger partial charge in [-0.05, 0) is 32.0 Å². The zero-order valence-corrected chi connectivity index (χ0v) is 12.2. The van der Waals surface area contributed by atoms with Crippen LogP contribution in [-0.4, -0.2) is 16.1 Å². The summed E-state index contributed by atoms with van der Waals surface area (Å²) in [5.41, 5.74) is 2.68. The highest BCUT2D eigenvalue weighted by molar-refractivity contribution is 5.87. The molecule has 1 aromatic carbocycles. The third-order valence-corrected chi connectivity index (χ3v) is 3.15. The van der Waals surface area contributed by atoms with Crippen LogP contribution in [0.1, 0.15) is 27.5 Å². The Morgan fingerprint density at radius 1 is 1.18 bits per heavy atom. The highest BCUT2D eigenvalue weighted by Crippen LogP contribution is 2.18. The summed E-state index contributed by atoms with van der Waals surface area (Å²) in [7, 11) is 0. The molecule has 2 aromatic heterocycles. The van der Waals surface area contributed by atoms with Gasteiger partial charge in [0.2, 0.25) is 11.6 Å². The topological polar surface area (TPSA) is 78.4 Å². The van der Waals surface area contributed by atoms with Crippen molar-refractivity contribution in [3.05, 3.63) is 59.3 Å². The number of rotatable bonds is 4. The molecule has 0 unspecified atom stereocenters. The predicted octanol–water partition coefficient (Wildman–Crippen LogP) is 3.30. The van der Waals surface area contributed by atoms with Crippen LogP contribution in [0.5, 0.6) is 0 Å². The molecule has 0 bridgehead atoms. The Labute approximate surface area is 126 Å². The van der Waals surface area contributed by atoms with E-state index in [9.17, 15) is 4.79 Å². The summed E-state index contributed by atoms with van der Waals surface area (Å²) in [5, 5.41) is 3.80. The summed E-state index contributed by atoms with van der Waals surface area (Å²) in [4.78, 5) is 16.0. The molecule has 0 saturated heterocycles. The van der Waals surface area contributed by atoms with E-state index in [1.165, 1.54) is 6.26 Å². The van der Waals surface area contributed by atoms with Crippen LogP contribution >= 0.6 is 0 Å². The minimum Gasteiger partial charge on any atom is -0.457 e. The number of benzene rings is 1. The largest absolute Gasteiger partial charge is 0.457 e. The third kappa shape index (κ3) is 2.90. The molecule has 6 nitrogen and oxygen atoms in total. The van der Waals surface area contributed by atoms with E-state index in [2.05, 4.69) is 10.1 Å². The minimum absolute atomic E-state index is 0.0751. The lowest BCUT2D eigenvalue weighted by atomic mass is 10.1. The summed E-state index contributed by atoms with van der Waals surface area (Å²) in [6.07, 6.45) is 1.44. The van der Waals surface area contributed by atoms with Crippen LogP contribution in [0.4, 0.5) is 0 Å². The molecule has 0 aliphatic carbocycles. The molecule has 0 amide bonds. The Balaban J connectivity index is 1.66. The van der Waals surface area contributed by atoms with Crippen LogP contribution in [0.2, 0.25) is 0 Å². The second-order valence-corrected chi connectivity index (χ2v) is 4.89. The van der Waals surface area contributed by atoms with Crippen molar-refractivity contribution in [1.29, 1.82) is 0 Å². The van der Waals surface area contributed by atoms with E-state index in [0.717, 1.165) is 16.7 Å². The van der Waals surface area contributed by atoms with Gasteiger partial charge in [-0.25, -0.2) is 4.79 Å². The zero-order valence-electron chi connectivity index (χ0n) is 12.2. The number of hydrogen-bond acceptors (Lipinski definition) is 6. The third-order valence-electron chi connectivity index (χ3n) is 3.15. The molecular formula is C16H14N2O4. The van der Waals surface area contributed by atoms with Crippen LogP contribution < -0.4 is 0 Å². The fourth-order valence-electron chi connectivity index (χ4n) is 1.90. The zero-order chi connectivity index (χ0) is 15.5. The van der Waals surface area contributed by atoms with Gasteiger partial charge in [0.25, 0.3) is 5.89 Å². The van der Waals surface area contributed by atoms with Crippen molar-refractivity contribution < 1.29 is 18.5 Å². The fraction of sp³-hybridized carbons (Fsp3) is 0.188. The average Bonchev–Trinajstić information content (AvgIpc) is 3.14. The Hall–Kier alpha value is -2.89. The van der Waals surface area contributed by atoms with Gasteiger partial charge in [-0.3, -0.25) is 0 Å². The molecule has 0 saturated carbocycles. The maximum absolute atomic E-state index is 11.8. The molecule has 2 heterocycles. The maximum Gasteiger partial charge on any atom is 0.374 e. The number of furan rings is 1. The second-order valence-electron chi connectivity index (χ2n) is 4.89. The van der Waals surface area contributed by atoms with Gasteiger partial charge in [-0.1, -0.05) is 22.9 Å². The Morgan fingerprint density at radius 3 is 2.64 bits per heavy atom. The van der Waals surface area contributed by atoms with Crippen molar-refractivity contribution in [3.8, 4) is 11.5 Å². The van der Waals surface area contributed by atoms with E-state index in [0.29, 0.717) is 11.7 Å². The summed E-state index contributed by atoms with van der Waals surface area (Å²) < 4.78 is 15.3. The van der Waals surface area contributed by atoms with Crippen LogP contribution in [0.25, 0.3) is 11.5 Å². The van der Waals surface area contributed by atoms with Gasteiger partial charge in [0.05, 0.1) is 6.26 Å². The molecule has 0 fully saturated rings. The van der Waals surface area contributed by atoms with Crippen LogP contribution in [0.3, 0.4) is 0 Å². The first-order valence-corrected chi connectivity index (χ1v) is 6.74. The number of hydrogen-bond donors (Lipinski definition) is 0. The Bertz CT molecular complexity index is 787. The van der Waals surface area contributed by atoms with Gasteiger partial charge in [-0.2, -0.15) is 4.98 Å². The van der Waals surface area contributed by atoms with Crippen LogP contribution in [0.15, 0.2) is 45.5 Å². The molecule has 3 rings (SSSR count). The molecule has 6 heteroatoms. The van der Waals surface area contributed by atoms with E-state index < -0.39 is 5.97 Å². The van der Waals surface area contributed by atoms with Gasteiger partial charge >= 0.3 is 5.97 Å². The molecule has 3 aromatic rings. The summed E-state index contributed by atoms with van der Waals surface area (Å²) >= 11 is 0. The molecule has 0 aliphatic rings. The van der Waals surface area contributed by atoms with Gasteiger partial charge < -0.3 is 13.7 Å². The standard InChI is InChI=1S/C16H14N2O4/c1-10-3-5-12(6-4-10)15-17-13(18-22-15)9-21-16(19)14-11(2)7-8-20-14/h3-8H,9H2,1-2H3. The van der Waals surface area contributed by atoms with Gasteiger partial charge in [0.15, 0.2) is 6.61 Å². The first-order valence-electron chi connectivity index (χ1n) is 6.74. The van der Waals surface area contributed by atoms with Crippen molar-refractivity contribution in [1.82, 2.24) is 10.1 Å².